The molecule has 0 bridgehead atoms. The van der Waals surface area contributed by atoms with Crippen molar-refractivity contribution >= 4 is 97.2 Å². The van der Waals surface area contributed by atoms with E-state index in [-0.39, 0.29) is 0 Å². The SMILES string of the molecule is c1ccc(-c2nc(-n3c4ccccc4c4cc5c(cc43)sc3cc4c(cc35)c3ccccc3n4-c3ccccc3)c3oc4ccccc4c3n2)cc1. The van der Waals surface area contributed by atoms with Gasteiger partial charge in [0.15, 0.2) is 17.2 Å². The van der Waals surface area contributed by atoms with Crippen LogP contribution in [0, 0.1) is 0 Å². The number of fused-ring (bicyclic) bond motifs is 12. The first kappa shape index (κ1) is 28.0. The van der Waals surface area contributed by atoms with Gasteiger partial charge in [0.2, 0.25) is 0 Å². The van der Waals surface area contributed by atoms with Gasteiger partial charge >= 0.3 is 0 Å². The van der Waals surface area contributed by atoms with E-state index in [1.807, 2.05) is 47.7 Å². The molecule has 6 heteroatoms. The molecule has 0 atom stereocenters. The van der Waals surface area contributed by atoms with E-state index in [4.69, 9.17) is 14.4 Å². The Morgan fingerprint density at radius 2 is 1.00 bits per heavy atom. The van der Waals surface area contributed by atoms with E-state index in [2.05, 4.69) is 130 Å². The molecule has 0 fully saturated rings. The highest BCUT2D eigenvalue weighted by Crippen LogP contribution is 2.44. The minimum Gasteiger partial charge on any atom is -0.450 e. The highest BCUT2D eigenvalue weighted by Gasteiger charge is 2.23. The summed E-state index contributed by atoms with van der Waals surface area (Å²) >= 11 is 1.84. The van der Waals surface area contributed by atoms with Gasteiger partial charge in [-0.2, -0.15) is 0 Å². The Bertz CT molecular complexity index is 3410. The summed E-state index contributed by atoms with van der Waals surface area (Å²) < 4.78 is 13.8. The Labute approximate surface area is 300 Å². The second-order valence-corrected chi connectivity index (χ2v) is 14.5. The number of hydrogen-bond acceptors (Lipinski definition) is 4. The quantitative estimate of drug-likeness (QED) is 0.186. The van der Waals surface area contributed by atoms with Crippen molar-refractivity contribution in [1.29, 1.82) is 0 Å². The third kappa shape index (κ3) is 3.81. The van der Waals surface area contributed by atoms with Crippen LogP contribution in [0.5, 0.6) is 0 Å². The van der Waals surface area contributed by atoms with Gasteiger partial charge in [0, 0.05) is 58.4 Å². The minimum absolute atomic E-state index is 0.668. The Morgan fingerprint density at radius 1 is 0.442 bits per heavy atom. The zero-order valence-corrected chi connectivity index (χ0v) is 28.4. The predicted molar refractivity (Wildman–Crippen MR) is 216 cm³/mol. The van der Waals surface area contributed by atoms with E-state index in [0.717, 1.165) is 44.6 Å². The van der Waals surface area contributed by atoms with Gasteiger partial charge in [0.05, 0.1) is 22.1 Å². The molecule has 5 nitrogen and oxygen atoms in total. The molecule has 5 heterocycles. The lowest BCUT2D eigenvalue weighted by Crippen LogP contribution is -2.01. The maximum atomic E-state index is 6.60. The molecule has 52 heavy (non-hydrogen) atoms. The van der Waals surface area contributed by atoms with Crippen LogP contribution in [0.15, 0.2) is 162 Å². The van der Waals surface area contributed by atoms with Gasteiger partial charge < -0.3 is 8.98 Å². The van der Waals surface area contributed by atoms with Crippen LogP contribution in [0.25, 0.3) is 109 Å². The summed E-state index contributed by atoms with van der Waals surface area (Å²) in [5.74, 6) is 1.40. The molecule has 0 saturated heterocycles. The number of para-hydroxylation sites is 4. The van der Waals surface area contributed by atoms with Crippen LogP contribution < -0.4 is 0 Å². The molecule has 7 aromatic carbocycles. The van der Waals surface area contributed by atoms with Crippen molar-refractivity contribution < 1.29 is 4.42 Å². The Hall–Kier alpha value is -6.76. The number of benzene rings is 7. The van der Waals surface area contributed by atoms with Crippen LogP contribution in [0.2, 0.25) is 0 Å². The molecule has 0 aliphatic heterocycles. The molecule has 5 aromatic heterocycles. The number of thiophene rings is 1. The molecule has 242 valence electrons. The van der Waals surface area contributed by atoms with Crippen LogP contribution in [0.4, 0.5) is 0 Å². The van der Waals surface area contributed by atoms with Crippen LogP contribution in [0.1, 0.15) is 0 Å². The average Bonchev–Trinajstić information content (AvgIpc) is 3.94. The number of nitrogens with zero attached hydrogens (tertiary/aromatic N) is 4. The standard InChI is InChI=1S/C46H26N4OS/c1-3-13-27(14-4-1)45-47-43-31-19-9-12-22-40(31)51-44(43)46(48-45)50-37-21-11-8-18-30(37)33-24-35-34-23-32-29-17-7-10-20-36(29)49(28-15-5-2-6-16-28)38(32)25-41(34)52-42(35)26-39(33)50/h1-26H. The van der Waals surface area contributed by atoms with Gasteiger partial charge in [-0.3, -0.25) is 4.57 Å². The van der Waals surface area contributed by atoms with Gasteiger partial charge in [0.1, 0.15) is 11.1 Å². The molecule has 12 aromatic rings. The summed E-state index contributed by atoms with van der Waals surface area (Å²) in [7, 11) is 0. The molecule has 0 unspecified atom stereocenters. The smallest absolute Gasteiger partial charge is 0.197 e. The Balaban J connectivity index is 1.18. The maximum absolute atomic E-state index is 6.60. The van der Waals surface area contributed by atoms with E-state index >= 15 is 0 Å². The van der Waals surface area contributed by atoms with Crippen molar-refractivity contribution in [3.05, 3.63) is 158 Å². The molecule has 0 aliphatic carbocycles. The molecule has 0 N–H and O–H groups in total. The highest BCUT2D eigenvalue weighted by atomic mass is 32.1. The van der Waals surface area contributed by atoms with Gasteiger partial charge in [-0.05, 0) is 60.7 Å². The van der Waals surface area contributed by atoms with Crippen molar-refractivity contribution in [2.45, 2.75) is 0 Å². The molecular weight excluding hydrogens is 657 g/mol. The lowest BCUT2D eigenvalue weighted by molar-refractivity contribution is 0.662. The number of rotatable bonds is 3. The minimum atomic E-state index is 0.668. The van der Waals surface area contributed by atoms with Gasteiger partial charge in [0.25, 0.3) is 0 Å². The molecule has 0 saturated carbocycles. The predicted octanol–water partition coefficient (Wildman–Crippen LogP) is 12.6. The van der Waals surface area contributed by atoms with Crippen molar-refractivity contribution in [1.82, 2.24) is 19.1 Å². The number of aromatic nitrogens is 4. The highest BCUT2D eigenvalue weighted by molar-refractivity contribution is 7.26. The summed E-state index contributed by atoms with van der Waals surface area (Å²) in [5, 5.41) is 8.38. The van der Waals surface area contributed by atoms with Crippen LogP contribution in [-0.2, 0) is 0 Å². The van der Waals surface area contributed by atoms with Crippen LogP contribution >= 0.6 is 11.3 Å². The fourth-order valence-corrected chi connectivity index (χ4v) is 9.36. The van der Waals surface area contributed by atoms with E-state index in [0.29, 0.717) is 11.4 Å². The fraction of sp³-hybridized carbons (Fsp3) is 0. The molecule has 0 spiro atoms. The third-order valence-corrected chi connectivity index (χ3v) is 11.6. The lowest BCUT2D eigenvalue weighted by Gasteiger charge is -2.10. The first-order chi connectivity index (χ1) is 25.8. The van der Waals surface area contributed by atoms with Gasteiger partial charge in [-0.25, -0.2) is 9.97 Å². The zero-order chi connectivity index (χ0) is 33.9. The van der Waals surface area contributed by atoms with Crippen molar-refractivity contribution in [3.63, 3.8) is 0 Å². The number of hydrogen-bond donors (Lipinski definition) is 0. The normalized spacial score (nSPS) is 12.2. The summed E-state index contributed by atoms with van der Waals surface area (Å²) in [6, 6.07) is 55.9. The fourth-order valence-electron chi connectivity index (χ4n) is 8.23. The molecule has 0 aliphatic rings. The molecule has 12 rings (SSSR count). The molecular formula is C46H26N4OS. The Kier molecular flexibility index (Phi) is 5.59. The van der Waals surface area contributed by atoms with E-state index in [9.17, 15) is 0 Å². The summed E-state index contributed by atoms with van der Waals surface area (Å²) in [6.07, 6.45) is 0. The van der Waals surface area contributed by atoms with E-state index in [1.165, 1.54) is 52.8 Å². The largest absolute Gasteiger partial charge is 0.450 e. The van der Waals surface area contributed by atoms with Crippen molar-refractivity contribution in [2.24, 2.45) is 0 Å². The Morgan fingerprint density at radius 3 is 1.69 bits per heavy atom. The zero-order valence-electron chi connectivity index (χ0n) is 27.6. The summed E-state index contributed by atoms with van der Waals surface area (Å²) in [4.78, 5) is 10.4. The van der Waals surface area contributed by atoms with Crippen LogP contribution in [0.3, 0.4) is 0 Å². The topological polar surface area (TPSA) is 48.8 Å². The van der Waals surface area contributed by atoms with E-state index in [1.54, 1.807) is 0 Å². The number of furan rings is 1. The monoisotopic (exact) mass is 682 g/mol. The van der Waals surface area contributed by atoms with Crippen molar-refractivity contribution in [3.8, 4) is 22.9 Å². The maximum Gasteiger partial charge on any atom is 0.197 e. The third-order valence-electron chi connectivity index (χ3n) is 10.5. The van der Waals surface area contributed by atoms with Crippen LogP contribution in [-0.4, -0.2) is 19.1 Å². The first-order valence-electron chi connectivity index (χ1n) is 17.4. The molecule has 0 amide bonds. The summed E-state index contributed by atoms with van der Waals surface area (Å²) in [5.41, 5.74) is 9.00. The second kappa shape index (κ2) is 10.4. The second-order valence-electron chi connectivity index (χ2n) is 13.4. The van der Waals surface area contributed by atoms with Gasteiger partial charge in [-0.1, -0.05) is 97.1 Å². The lowest BCUT2D eigenvalue weighted by atomic mass is 10.1. The van der Waals surface area contributed by atoms with Gasteiger partial charge in [-0.15, -0.1) is 11.3 Å². The van der Waals surface area contributed by atoms with E-state index < -0.39 is 0 Å². The van der Waals surface area contributed by atoms with Crippen molar-refractivity contribution in [2.75, 3.05) is 0 Å². The summed E-state index contributed by atoms with van der Waals surface area (Å²) in [6.45, 7) is 0. The molecule has 0 radical (unpaired) electrons. The first-order valence-corrected chi connectivity index (χ1v) is 18.2. The average molecular weight is 683 g/mol.